The average Bonchev–Trinajstić information content (AvgIpc) is 3.40. The third-order valence-corrected chi connectivity index (χ3v) is 8.06. The lowest BCUT2D eigenvalue weighted by molar-refractivity contribution is 0.628. The Bertz CT molecular complexity index is 1840. The molecule has 0 aliphatic heterocycles. The van der Waals surface area contributed by atoms with Gasteiger partial charge < -0.3 is 4.57 Å². The zero-order valence-electron chi connectivity index (χ0n) is 17.9. The molecule has 0 fully saturated rings. The molecule has 0 aliphatic rings. The monoisotopic (exact) mass is 477 g/mol. The second kappa shape index (κ2) is 7.42. The van der Waals surface area contributed by atoms with Gasteiger partial charge in [-0.1, -0.05) is 66.2 Å². The van der Waals surface area contributed by atoms with E-state index in [0.717, 1.165) is 32.5 Å². The van der Waals surface area contributed by atoms with Crippen molar-refractivity contribution in [3.05, 3.63) is 114 Å². The summed E-state index contributed by atoms with van der Waals surface area (Å²) in [5.41, 5.74) is 5.21. The molecule has 7 aromatic rings. The van der Waals surface area contributed by atoms with Crippen LogP contribution in [0, 0.1) is 5.82 Å². The first-order chi connectivity index (χ1) is 16.7. The Morgan fingerprint density at radius 2 is 1.26 bits per heavy atom. The molecule has 2 aromatic heterocycles. The van der Waals surface area contributed by atoms with E-state index in [1.54, 1.807) is 17.4 Å². The molecule has 5 aromatic carbocycles. The summed E-state index contributed by atoms with van der Waals surface area (Å²) < 4.78 is 18.6. The lowest BCUT2D eigenvalue weighted by Crippen LogP contribution is -1.95. The summed E-state index contributed by atoms with van der Waals surface area (Å²) in [6, 6.07) is 34.6. The van der Waals surface area contributed by atoms with Gasteiger partial charge in [-0.3, -0.25) is 0 Å². The van der Waals surface area contributed by atoms with Gasteiger partial charge in [-0.05, 0) is 48.5 Å². The van der Waals surface area contributed by atoms with E-state index in [4.69, 9.17) is 11.6 Å². The fourth-order valence-electron chi connectivity index (χ4n) is 5.05. The van der Waals surface area contributed by atoms with Gasteiger partial charge in [0.1, 0.15) is 5.82 Å². The lowest BCUT2D eigenvalue weighted by atomic mass is 10.0. The maximum absolute atomic E-state index is 13.9. The number of benzene rings is 5. The SMILES string of the molecule is Fc1ccc(-c2cc(-n3c4ccccc4c4ccccc43)cc3c2sc2ccccc23)c(Cl)c1. The van der Waals surface area contributed by atoms with Gasteiger partial charge in [-0.2, -0.15) is 0 Å². The van der Waals surface area contributed by atoms with Crippen LogP contribution in [-0.2, 0) is 0 Å². The first-order valence-electron chi connectivity index (χ1n) is 11.1. The van der Waals surface area contributed by atoms with E-state index in [9.17, 15) is 4.39 Å². The highest BCUT2D eigenvalue weighted by molar-refractivity contribution is 7.26. The number of aromatic nitrogens is 1. The van der Waals surface area contributed by atoms with Crippen LogP contribution in [0.2, 0.25) is 5.02 Å². The highest BCUT2D eigenvalue weighted by atomic mass is 35.5. The van der Waals surface area contributed by atoms with Gasteiger partial charge in [-0.25, -0.2) is 4.39 Å². The van der Waals surface area contributed by atoms with Crippen molar-refractivity contribution in [2.75, 3.05) is 0 Å². The van der Waals surface area contributed by atoms with Gasteiger partial charge >= 0.3 is 0 Å². The van der Waals surface area contributed by atoms with Crippen LogP contribution in [-0.4, -0.2) is 4.57 Å². The summed E-state index contributed by atoms with van der Waals surface area (Å²) >= 11 is 8.34. The van der Waals surface area contributed by atoms with E-state index < -0.39 is 0 Å². The fraction of sp³-hybridized carbons (Fsp3) is 0. The van der Waals surface area contributed by atoms with Gasteiger partial charge in [0.2, 0.25) is 0 Å². The molecular formula is C30H17ClFNS. The Labute approximate surface area is 204 Å². The van der Waals surface area contributed by atoms with Crippen molar-refractivity contribution in [1.29, 1.82) is 0 Å². The van der Waals surface area contributed by atoms with Crippen LogP contribution in [0.1, 0.15) is 0 Å². The maximum Gasteiger partial charge on any atom is 0.124 e. The van der Waals surface area contributed by atoms with Crippen LogP contribution in [0.4, 0.5) is 4.39 Å². The molecule has 0 amide bonds. The lowest BCUT2D eigenvalue weighted by Gasteiger charge is -2.13. The number of rotatable bonds is 2. The molecule has 0 spiro atoms. The van der Waals surface area contributed by atoms with Gasteiger partial charge in [0.25, 0.3) is 0 Å². The van der Waals surface area contributed by atoms with Gasteiger partial charge in [0, 0.05) is 47.8 Å². The molecular weight excluding hydrogens is 461 g/mol. The summed E-state index contributed by atoms with van der Waals surface area (Å²) in [7, 11) is 0. The normalized spacial score (nSPS) is 11.8. The zero-order valence-corrected chi connectivity index (χ0v) is 19.5. The number of nitrogens with zero attached hydrogens (tertiary/aromatic N) is 1. The van der Waals surface area contributed by atoms with Crippen molar-refractivity contribution in [2.24, 2.45) is 0 Å². The summed E-state index contributed by atoms with van der Waals surface area (Å²) in [6.45, 7) is 0. The van der Waals surface area contributed by atoms with Crippen molar-refractivity contribution in [3.8, 4) is 16.8 Å². The van der Waals surface area contributed by atoms with Crippen LogP contribution >= 0.6 is 22.9 Å². The molecule has 0 saturated carbocycles. The Morgan fingerprint density at radius 1 is 0.618 bits per heavy atom. The Balaban J connectivity index is 1.66. The third-order valence-electron chi connectivity index (χ3n) is 6.52. The van der Waals surface area contributed by atoms with Crippen molar-refractivity contribution >= 4 is 64.9 Å². The van der Waals surface area contributed by atoms with Crippen molar-refractivity contribution < 1.29 is 4.39 Å². The summed E-state index contributed by atoms with van der Waals surface area (Å²) in [6.07, 6.45) is 0. The highest BCUT2D eigenvalue weighted by Gasteiger charge is 2.18. The van der Waals surface area contributed by atoms with E-state index in [1.807, 2.05) is 0 Å². The summed E-state index contributed by atoms with van der Waals surface area (Å²) in [5, 5.41) is 5.24. The van der Waals surface area contributed by atoms with Gasteiger partial charge in [0.15, 0.2) is 0 Å². The predicted molar refractivity (Wildman–Crippen MR) is 144 cm³/mol. The minimum Gasteiger partial charge on any atom is -0.309 e. The fourth-order valence-corrected chi connectivity index (χ4v) is 6.53. The van der Waals surface area contributed by atoms with Crippen molar-refractivity contribution in [3.63, 3.8) is 0 Å². The van der Waals surface area contributed by atoms with E-state index in [1.165, 1.54) is 38.4 Å². The summed E-state index contributed by atoms with van der Waals surface area (Å²) in [5.74, 6) is -0.333. The minimum absolute atomic E-state index is 0.333. The van der Waals surface area contributed by atoms with Crippen LogP contribution in [0.15, 0.2) is 103 Å². The van der Waals surface area contributed by atoms with E-state index >= 15 is 0 Å². The molecule has 0 aliphatic carbocycles. The van der Waals surface area contributed by atoms with Crippen LogP contribution in [0.25, 0.3) is 58.8 Å². The number of halogens is 2. The molecule has 162 valence electrons. The van der Waals surface area contributed by atoms with E-state index in [0.29, 0.717) is 5.02 Å². The molecule has 0 saturated heterocycles. The smallest absolute Gasteiger partial charge is 0.124 e. The molecule has 0 radical (unpaired) electrons. The standard InChI is InChI=1S/C30H17ClFNS/c31-26-15-18(32)13-14-20(26)24-16-19(17-25-23-9-3-6-12-29(23)34-30(24)25)33-27-10-4-1-7-21(27)22-8-2-5-11-28(22)33/h1-17H. The second-order valence-corrected chi connectivity index (χ2v) is 9.92. The number of thiophene rings is 1. The van der Waals surface area contributed by atoms with Crippen LogP contribution < -0.4 is 0 Å². The molecule has 0 N–H and O–H groups in total. The molecule has 0 bridgehead atoms. The number of hydrogen-bond acceptors (Lipinski definition) is 1. The average molecular weight is 478 g/mol. The third kappa shape index (κ3) is 2.84. The topological polar surface area (TPSA) is 4.93 Å². The van der Waals surface area contributed by atoms with Crippen molar-refractivity contribution in [2.45, 2.75) is 0 Å². The van der Waals surface area contributed by atoms with Crippen LogP contribution in [0.3, 0.4) is 0 Å². The highest BCUT2D eigenvalue weighted by Crippen LogP contribution is 2.44. The van der Waals surface area contributed by atoms with E-state index in [-0.39, 0.29) is 5.82 Å². The maximum atomic E-state index is 13.9. The first kappa shape index (κ1) is 19.8. The molecule has 1 nitrogen and oxygen atoms in total. The molecule has 34 heavy (non-hydrogen) atoms. The van der Waals surface area contributed by atoms with Gasteiger partial charge in [-0.15, -0.1) is 11.3 Å². The quantitative estimate of drug-likeness (QED) is 0.233. The van der Waals surface area contributed by atoms with Crippen molar-refractivity contribution in [1.82, 2.24) is 4.57 Å². The molecule has 0 atom stereocenters. The number of hydrogen-bond donors (Lipinski definition) is 0. The Kier molecular flexibility index (Phi) is 4.32. The molecule has 2 heterocycles. The number of fused-ring (bicyclic) bond motifs is 6. The molecule has 0 unspecified atom stereocenters. The zero-order chi connectivity index (χ0) is 22.8. The largest absolute Gasteiger partial charge is 0.309 e. The molecule has 4 heteroatoms. The Morgan fingerprint density at radius 3 is 1.97 bits per heavy atom. The minimum atomic E-state index is -0.333. The predicted octanol–water partition coefficient (Wildman–Crippen LogP) is 9.61. The van der Waals surface area contributed by atoms with Crippen LogP contribution in [0.5, 0.6) is 0 Å². The van der Waals surface area contributed by atoms with E-state index in [2.05, 4.69) is 89.5 Å². The Hall–Kier alpha value is -3.66. The first-order valence-corrected chi connectivity index (χ1v) is 12.3. The second-order valence-electron chi connectivity index (χ2n) is 8.46. The summed E-state index contributed by atoms with van der Waals surface area (Å²) in [4.78, 5) is 0. The van der Waals surface area contributed by atoms with Gasteiger partial charge in [0.05, 0.1) is 16.1 Å². The molecule has 7 rings (SSSR count). The number of para-hydroxylation sites is 2.